The number of nitrogens with zero attached hydrogens (tertiary/aromatic N) is 2. The van der Waals surface area contributed by atoms with Crippen LogP contribution in [0.5, 0.6) is 0 Å². The molecule has 0 bridgehead atoms. The smallest absolute Gasteiger partial charge is 0.341 e. The predicted molar refractivity (Wildman–Crippen MR) is 83.9 cm³/mol. The third-order valence-electron chi connectivity index (χ3n) is 3.74. The van der Waals surface area contributed by atoms with E-state index in [9.17, 15) is 9.18 Å². The fourth-order valence-electron chi connectivity index (χ4n) is 2.33. The Bertz CT molecular complexity index is 733. The van der Waals surface area contributed by atoms with Crippen LogP contribution in [-0.2, 0) is 10.3 Å². The van der Waals surface area contributed by atoms with E-state index in [4.69, 9.17) is 16.3 Å². The first-order valence-electron chi connectivity index (χ1n) is 7.27. The van der Waals surface area contributed by atoms with Gasteiger partial charge in [-0.05, 0) is 37.5 Å². The summed E-state index contributed by atoms with van der Waals surface area (Å²) in [6.45, 7) is 2.03. The van der Waals surface area contributed by atoms with Crippen molar-refractivity contribution >= 4 is 23.5 Å². The normalized spacial score (nSPS) is 15.1. The van der Waals surface area contributed by atoms with Crippen molar-refractivity contribution in [2.45, 2.75) is 25.3 Å². The van der Waals surface area contributed by atoms with E-state index >= 15 is 0 Å². The molecule has 1 aromatic heterocycles. The summed E-state index contributed by atoms with van der Waals surface area (Å²) in [5, 5.41) is 3.33. The molecule has 0 spiro atoms. The third kappa shape index (κ3) is 3.27. The first-order valence-corrected chi connectivity index (χ1v) is 7.65. The molecule has 5 nitrogen and oxygen atoms in total. The first-order chi connectivity index (χ1) is 11.0. The molecule has 0 aliphatic heterocycles. The molecule has 0 radical (unpaired) electrons. The van der Waals surface area contributed by atoms with Crippen molar-refractivity contribution in [2.75, 3.05) is 11.9 Å². The molecular weight excluding hydrogens is 321 g/mol. The Labute approximate surface area is 137 Å². The van der Waals surface area contributed by atoms with Gasteiger partial charge in [-0.1, -0.05) is 17.7 Å². The molecule has 1 aromatic carbocycles. The number of rotatable bonds is 5. The number of hydrogen-bond donors (Lipinski definition) is 1. The van der Waals surface area contributed by atoms with E-state index in [0.29, 0.717) is 18.1 Å². The zero-order chi connectivity index (χ0) is 16.4. The van der Waals surface area contributed by atoms with Crippen molar-refractivity contribution in [1.82, 2.24) is 9.97 Å². The van der Waals surface area contributed by atoms with Crippen molar-refractivity contribution < 1.29 is 13.9 Å². The Morgan fingerprint density at radius 2 is 2.09 bits per heavy atom. The standard InChI is InChI=1S/C16H15ClFN3O2/c1-2-23-14(22)10-8-19-15(20-9-10)21-16(5-6-16)11-3-4-13(18)12(17)7-11/h3-4,7-9H,2,5-6H2,1H3,(H,19,20,21). The van der Waals surface area contributed by atoms with Crippen LogP contribution in [0.4, 0.5) is 10.3 Å². The highest BCUT2D eigenvalue weighted by atomic mass is 35.5. The Balaban J connectivity index is 1.76. The van der Waals surface area contributed by atoms with E-state index in [1.54, 1.807) is 19.1 Å². The second-order valence-electron chi connectivity index (χ2n) is 5.35. The number of carbonyl (C=O) groups excluding carboxylic acids is 1. The lowest BCUT2D eigenvalue weighted by molar-refractivity contribution is 0.0525. The van der Waals surface area contributed by atoms with E-state index in [2.05, 4.69) is 15.3 Å². The quantitative estimate of drug-likeness (QED) is 0.847. The Morgan fingerprint density at radius 1 is 1.39 bits per heavy atom. The van der Waals surface area contributed by atoms with Crippen molar-refractivity contribution in [2.24, 2.45) is 0 Å². The van der Waals surface area contributed by atoms with Gasteiger partial charge in [0.25, 0.3) is 0 Å². The maximum absolute atomic E-state index is 13.3. The summed E-state index contributed by atoms with van der Waals surface area (Å²) < 4.78 is 18.2. The van der Waals surface area contributed by atoms with E-state index in [0.717, 1.165) is 18.4 Å². The number of anilines is 1. The number of ether oxygens (including phenoxy) is 1. The molecule has 7 heteroatoms. The number of aromatic nitrogens is 2. The average molecular weight is 336 g/mol. The van der Waals surface area contributed by atoms with E-state index in [-0.39, 0.29) is 10.6 Å². The number of carbonyl (C=O) groups is 1. The second kappa shape index (κ2) is 6.12. The molecule has 0 unspecified atom stereocenters. The lowest BCUT2D eigenvalue weighted by Gasteiger charge is -2.18. The first kappa shape index (κ1) is 15.7. The molecular formula is C16H15ClFN3O2. The molecule has 1 N–H and O–H groups in total. The van der Waals surface area contributed by atoms with Crippen LogP contribution >= 0.6 is 11.6 Å². The van der Waals surface area contributed by atoms with Crippen LogP contribution in [0.15, 0.2) is 30.6 Å². The highest BCUT2D eigenvalue weighted by Crippen LogP contribution is 2.48. The van der Waals surface area contributed by atoms with E-state index < -0.39 is 11.8 Å². The van der Waals surface area contributed by atoms with E-state index in [1.165, 1.54) is 18.5 Å². The molecule has 1 aliphatic rings. The van der Waals surface area contributed by atoms with Gasteiger partial charge in [-0.2, -0.15) is 0 Å². The maximum Gasteiger partial charge on any atom is 0.341 e. The van der Waals surface area contributed by atoms with Crippen LogP contribution in [0.25, 0.3) is 0 Å². The number of benzene rings is 1. The summed E-state index contributed by atoms with van der Waals surface area (Å²) in [6.07, 6.45) is 4.58. The fraction of sp³-hybridized carbons (Fsp3) is 0.312. The van der Waals surface area contributed by atoms with E-state index in [1.807, 2.05) is 0 Å². The zero-order valence-electron chi connectivity index (χ0n) is 12.5. The topological polar surface area (TPSA) is 64.1 Å². The van der Waals surface area contributed by atoms with Gasteiger partial charge in [0.15, 0.2) is 0 Å². The van der Waals surface area contributed by atoms with Crippen LogP contribution in [0.3, 0.4) is 0 Å². The highest BCUT2D eigenvalue weighted by molar-refractivity contribution is 6.30. The SMILES string of the molecule is CCOC(=O)c1cnc(NC2(c3ccc(F)c(Cl)c3)CC2)nc1. The average Bonchev–Trinajstić information content (AvgIpc) is 3.31. The Morgan fingerprint density at radius 3 is 2.65 bits per heavy atom. The third-order valence-corrected chi connectivity index (χ3v) is 4.03. The molecule has 1 heterocycles. The summed E-state index contributed by atoms with van der Waals surface area (Å²) in [4.78, 5) is 19.9. The minimum Gasteiger partial charge on any atom is -0.462 e. The predicted octanol–water partition coefficient (Wildman–Crippen LogP) is 3.55. The molecule has 0 atom stereocenters. The lowest BCUT2D eigenvalue weighted by Crippen LogP contribution is -2.20. The van der Waals surface area contributed by atoms with Gasteiger partial charge in [-0.3, -0.25) is 0 Å². The molecule has 1 saturated carbocycles. The molecule has 23 heavy (non-hydrogen) atoms. The number of esters is 1. The van der Waals surface area contributed by atoms with Crippen molar-refractivity contribution in [1.29, 1.82) is 0 Å². The minimum atomic E-state index is -0.453. The summed E-state index contributed by atoms with van der Waals surface area (Å²) in [6, 6.07) is 4.67. The number of hydrogen-bond acceptors (Lipinski definition) is 5. The minimum absolute atomic E-state index is 0.0918. The maximum atomic E-state index is 13.3. The molecule has 1 fully saturated rings. The van der Waals surface area contributed by atoms with Gasteiger partial charge in [0.1, 0.15) is 5.82 Å². The van der Waals surface area contributed by atoms with Gasteiger partial charge < -0.3 is 10.1 Å². The van der Waals surface area contributed by atoms with Gasteiger partial charge >= 0.3 is 5.97 Å². The molecule has 1 aliphatic carbocycles. The molecule has 0 amide bonds. The van der Waals surface area contributed by atoms with Gasteiger partial charge in [-0.25, -0.2) is 19.2 Å². The number of nitrogens with one attached hydrogen (secondary N) is 1. The largest absolute Gasteiger partial charge is 0.462 e. The molecule has 120 valence electrons. The van der Waals surface area contributed by atoms with Crippen LogP contribution in [-0.4, -0.2) is 22.5 Å². The summed E-state index contributed by atoms with van der Waals surface area (Å²) in [7, 11) is 0. The van der Waals surface area contributed by atoms with Crippen LogP contribution in [0.2, 0.25) is 5.02 Å². The summed E-state index contributed by atoms with van der Waals surface area (Å²) >= 11 is 5.85. The second-order valence-corrected chi connectivity index (χ2v) is 5.76. The summed E-state index contributed by atoms with van der Waals surface area (Å²) in [5.74, 6) is -0.497. The Hall–Kier alpha value is -2.21. The van der Waals surface area contributed by atoms with Crippen LogP contribution in [0.1, 0.15) is 35.7 Å². The van der Waals surface area contributed by atoms with Crippen molar-refractivity contribution in [3.63, 3.8) is 0 Å². The molecule has 0 saturated heterocycles. The molecule has 3 rings (SSSR count). The van der Waals surface area contributed by atoms with Crippen molar-refractivity contribution in [3.05, 3.63) is 52.6 Å². The number of halogens is 2. The van der Waals surface area contributed by atoms with Crippen LogP contribution < -0.4 is 5.32 Å². The van der Waals surface area contributed by atoms with Gasteiger partial charge in [0, 0.05) is 12.4 Å². The highest BCUT2D eigenvalue weighted by Gasteiger charge is 2.45. The van der Waals surface area contributed by atoms with Gasteiger partial charge in [0.05, 0.1) is 22.7 Å². The zero-order valence-corrected chi connectivity index (χ0v) is 13.2. The van der Waals surface area contributed by atoms with Crippen molar-refractivity contribution in [3.8, 4) is 0 Å². The molecule has 2 aromatic rings. The summed E-state index contributed by atoms with van der Waals surface area (Å²) in [5.41, 5.74) is 0.858. The van der Waals surface area contributed by atoms with Crippen LogP contribution in [0, 0.1) is 5.82 Å². The Kier molecular flexibility index (Phi) is 4.17. The monoisotopic (exact) mass is 335 g/mol. The van der Waals surface area contributed by atoms with Gasteiger partial charge in [0.2, 0.25) is 5.95 Å². The fourth-order valence-corrected chi connectivity index (χ4v) is 2.51. The lowest BCUT2D eigenvalue weighted by atomic mass is 10.1. The van der Waals surface area contributed by atoms with Gasteiger partial charge in [-0.15, -0.1) is 0 Å².